The highest BCUT2D eigenvalue weighted by Gasteiger charge is 2.20. The Balaban J connectivity index is 3.04. The molecule has 0 radical (unpaired) electrons. The summed E-state index contributed by atoms with van der Waals surface area (Å²) in [7, 11) is 1.45. The molecule has 0 saturated heterocycles. The number of methoxy groups -OCH3 is 1. The Morgan fingerprint density at radius 2 is 2.25 bits per heavy atom. The van der Waals surface area contributed by atoms with Gasteiger partial charge in [0.1, 0.15) is 0 Å². The van der Waals surface area contributed by atoms with E-state index in [-0.39, 0.29) is 23.1 Å². The van der Waals surface area contributed by atoms with Crippen LogP contribution >= 0.6 is 0 Å². The minimum Gasteiger partial charge on any atom is -0.504 e. The van der Waals surface area contributed by atoms with E-state index in [1.54, 1.807) is 18.2 Å². The van der Waals surface area contributed by atoms with Gasteiger partial charge in [0, 0.05) is 10.5 Å². The summed E-state index contributed by atoms with van der Waals surface area (Å²) in [4.78, 5) is 10.1. The average molecular weight is 225 g/mol. The van der Waals surface area contributed by atoms with Crippen molar-refractivity contribution in [3.63, 3.8) is 0 Å². The van der Waals surface area contributed by atoms with Crippen LogP contribution < -0.4 is 4.74 Å². The molecule has 0 aliphatic heterocycles. The summed E-state index contributed by atoms with van der Waals surface area (Å²) < 4.78 is 4.97. The predicted molar refractivity (Wildman–Crippen MR) is 59.6 cm³/mol. The van der Waals surface area contributed by atoms with Gasteiger partial charge in [-0.2, -0.15) is 0 Å². The summed E-state index contributed by atoms with van der Waals surface area (Å²) in [5, 5.41) is 20.4. The van der Waals surface area contributed by atoms with Crippen LogP contribution in [0.15, 0.2) is 18.2 Å². The molecule has 1 aromatic carbocycles. The van der Waals surface area contributed by atoms with Crippen LogP contribution in [-0.4, -0.2) is 23.7 Å². The van der Waals surface area contributed by atoms with Gasteiger partial charge in [-0.25, -0.2) is 0 Å². The van der Waals surface area contributed by atoms with Crippen molar-refractivity contribution in [3.05, 3.63) is 33.9 Å². The summed E-state index contributed by atoms with van der Waals surface area (Å²) in [6.07, 6.45) is 0.599. The third-order valence-corrected chi connectivity index (χ3v) is 2.55. The first-order chi connectivity index (χ1) is 7.60. The molecule has 5 heteroatoms. The normalized spacial score (nSPS) is 12.1. The summed E-state index contributed by atoms with van der Waals surface area (Å²) in [5.41, 5.74) is 0.568. The standard InChI is InChI=1S/C11H15NO4/c1-3-8(7-12(14)15)9-5-4-6-10(16-2)11(9)13/h4-6,8,13H,3,7H2,1-2H3/t8-/m1/s1. The molecule has 16 heavy (non-hydrogen) atoms. The Hall–Kier alpha value is -1.78. The molecule has 1 rings (SSSR count). The summed E-state index contributed by atoms with van der Waals surface area (Å²) in [6.45, 7) is 1.67. The fourth-order valence-corrected chi connectivity index (χ4v) is 1.66. The van der Waals surface area contributed by atoms with E-state index in [9.17, 15) is 15.2 Å². The molecule has 1 atom stereocenters. The first-order valence-electron chi connectivity index (χ1n) is 5.07. The van der Waals surface area contributed by atoms with Crippen molar-refractivity contribution in [1.29, 1.82) is 0 Å². The van der Waals surface area contributed by atoms with Gasteiger partial charge in [-0.1, -0.05) is 19.1 Å². The van der Waals surface area contributed by atoms with Gasteiger partial charge in [0.15, 0.2) is 11.5 Å². The van der Waals surface area contributed by atoms with Crippen molar-refractivity contribution in [2.75, 3.05) is 13.7 Å². The zero-order valence-corrected chi connectivity index (χ0v) is 9.34. The van der Waals surface area contributed by atoms with Gasteiger partial charge >= 0.3 is 0 Å². The van der Waals surface area contributed by atoms with E-state index in [0.717, 1.165) is 0 Å². The highest BCUT2D eigenvalue weighted by Crippen LogP contribution is 2.35. The SMILES string of the molecule is CC[C@H](C[N+](=O)[O-])c1cccc(OC)c1O. The molecule has 0 heterocycles. The number of hydrogen-bond donors (Lipinski definition) is 1. The Morgan fingerprint density at radius 3 is 2.75 bits per heavy atom. The van der Waals surface area contributed by atoms with Crippen LogP contribution in [0.4, 0.5) is 0 Å². The highest BCUT2D eigenvalue weighted by atomic mass is 16.6. The van der Waals surface area contributed by atoms with E-state index in [1.165, 1.54) is 7.11 Å². The van der Waals surface area contributed by atoms with Gasteiger partial charge in [-0.05, 0) is 12.5 Å². The van der Waals surface area contributed by atoms with E-state index in [4.69, 9.17) is 4.74 Å². The molecule has 0 fully saturated rings. The number of rotatable bonds is 5. The largest absolute Gasteiger partial charge is 0.504 e. The number of phenolic OH excluding ortho intramolecular Hbond substituents is 1. The maximum atomic E-state index is 10.5. The first-order valence-corrected chi connectivity index (χ1v) is 5.07. The van der Waals surface area contributed by atoms with Crippen molar-refractivity contribution < 1.29 is 14.8 Å². The number of benzene rings is 1. The number of phenols is 1. The molecule has 0 spiro atoms. The van der Waals surface area contributed by atoms with Crippen LogP contribution in [0.2, 0.25) is 0 Å². The number of nitrogens with zero attached hydrogens (tertiary/aromatic N) is 1. The fraction of sp³-hybridized carbons (Fsp3) is 0.455. The molecule has 5 nitrogen and oxygen atoms in total. The highest BCUT2D eigenvalue weighted by molar-refractivity contribution is 5.47. The lowest BCUT2D eigenvalue weighted by atomic mass is 9.95. The molecule has 88 valence electrons. The number of aromatic hydroxyl groups is 1. The molecule has 0 aromatic heterocycles. The molecule has 0 amide bonds. The van der Waals surface area contributed by atoms with Gasteiger partial charge < -0.3 is 9.84 Å². The van der Waals surface area contributed by atoms with Gasteiger partial charge in [0.05, 0.1) is 13.0 Å². The number of hydrogen-bond acceptors (Lipinski definition) is 4. The number of nitro groups is 1. The van der Waals surface area contributed by atoms with Crippen molar-refractivity contribution >= 4 is 0 Å². The monoisotopic (exact) mass is 225 g/mol. The molecule has 0 aliphatic rings. The van der Waals surface area contributed by atoms with Crippen LogP contribution in [0, 0.1) is 10.1 Å². The maximum absolute atomic E-state index is 10.5. The molecular weight excluding hydrogens is 210 g/mol. The first kappa shape index (κ1) is 12.3. The van der Waals surface area contributed by atoms with Crippen molar-refractivity contribution in [2.45, 2.75) is 19.3 Å². The predicted octanol–water partition coefficient (Wildman–Crippen LogP) is 2.17. The van der Waals surface area contributed by atoms with E-state index in [2.05, 4.69) is 0 Å². The van der Waals surface area contributed by atoms with Crippen LogP contribution in [0.25, 0.3) is 0 Å². The lowest BCUT2D eigenvalue weighted by Gasteiger charge is -2.14. The Morgan fingerprint density at radius 1 is 1.56 bits per heavy atom. The van der Waals surface area contributed by atoms with E-state index < -0.39 is 0 Å². The third-order valence-electron chi connectivity index (χ3n) is 2.55. The lowest BCUT2D eigenvalue weighted by molar-refractivity contribution is -0.483. The van der Waals surface area contributed by atoms with Crippen LogP contribution in [0.3, 0.4) is 0 Å². The molecule has 1 aromatic rings. The molecular formula is C11H15NO4. The lowest BCUT2D eigenvalue weighted by Crippen LogP contribution is -2.12. The second-order valence-corrected chi connectivity index (χ2v) is 3.52. The average Bonchev–Trinajstić information content (AvgIpc) is 2.26. The minimum absolute atomic E-state index is 0.00120. The van der Waals surface area contributed by atoms with E-state index in [0.29, 0.717) is 17.7 Å². The Labute approximate surface area is 93.8 Å². The zero-order chi connectivity index (χ0) is 12.1. The Kier molecular flexibility index (Phi) is 4.10. The van der Waals surface area contributed by atoms with Gasteiger partial charge in [-0.3, -0.25) is 10.1 Å². The van der Waals surface area contributed by atoms with Crippen LogP contribution in [0.1, 0.15) is 24.8 Å². The number of ether oxygens (including phenoxy) is 1. The third kappa shape index (κ3) is 2.62. The summed E-state index contributed by atoms with van der Waals surface area (Å²) >= 11 is 0. The van der Waals surface area contributed by atoms with Gasteiger partial charge in [0.2, 0.25) is 6.54 Å². The fourth-order valence-electron chi connectivity index (χ4n) is 1.66. The smallest absolute Gasteiger partial charge is 0.210 e. The minimum atomic E-state index is -0.368. The summed E-state index contributed by atoms with van der Waals surface area (Å²) in [5.74, 6) is 0.0584. The molecule has 0 aliphatic carbocycles. The second-order valence-electron chi connectivity index (χ2n) is 3.52. The van der Waals surface area contributed by atoms with Gasteiger partial charge in [0.25, 0.3) is 0 Å². The Bertz CT molecular complexity index is 378. The molecule has 0 saturated carbocycles. The second kappa shape index (κ2) is 5.34. The van der Waals surface area contributed by atoms with Crippen LogP contribution in [0.5, 0.6) is 11.5 Å². The van der Waals surface area contributed by atoms with E-state index in [1.807, 2.05) is 6.92 Å². The topological polar surface area (TPSA) is 72.6 Å². The molecule has 1 N–H and O–H groups in total. The van der Waals surface area contributed by atoms with Crippen molar-refractivity contribution in [3.8, 4) is 11.5 Å². The molecule has 0 bridgehead atoms. The quantitative estimate of drug-likeness (QED) is 0.615. The van der Waals surface area contributed by atoms with Crippen molar-refractivity contribution in [1.82, 2.24) is 0 Å². The van der Waals surface area contributed by atoms with Crippen molar-refractivity contribution in [2.24, 2.45) is 0 Å². The van der Waals surface area contributed by atoms with Crippen LogP contribution in [-0.2, 0) is 0 Å². The van der Waals surface area contributed by atoms with Gasteiger partial charge in [-0.15, -0.1) is 0 Å². The maximum Gasteiger partial charge on any atom is 0.210 e. The summed E-state index contributed by atoms with van der Waals surface area (Å²) in [6, 6.07) is 5.03. The molecule has 0 unspecified atom stereocenters. The zero-order valence-electron chi connectivity index (χ0n) is 9.34. The number of para-hydroxylation sites is 1. The van der Waals surface area contributed by atoms with E-state index >= 15 is 0 Å².